The maximum Gasteiger partial charge on any atom is 0.322 e. The van der Waals surface area contributed by atoms with Crippen molar-refractivity contribution in [1.29, 1.82) is 0 Å². The number of urea groups is 1. The van der Waals surface area contributed by atoms with E-state index in [1.54, 1.807) is 11.3 Å². The lowest BCUT2D eigenvalue weighted by Gasteiger charge is -2.29. The third-order valence-electron chi connectivity index (χ3n) is 6.18. The van der Waals surface area contributed by atoms with Crippen LogP contribution in [0.15, 0.2) is 72.2 Å². The quantitative estimate of drug-likeness (QED) is 0.287. The van der Waals surface area contributed by atoms with E-state index in [1.165, 1.54) is 32.3 Å². The number of benzene rings is 3. The lowest BCUT2D eigenvalue weighted by Crippen LogP contribution is -2.38. The second-order valence-corrected chi connectivity index (χ2v) is 9.53. The van der Waals surface area contributed by atoms with E-state index in [9.17, 15) is 4.79 Å². The van der Waals surface area contributed by atoms with Gasteiger partial charge >= 0.3 is 6.03 Å². The molecule has 0 saturated carbocycles. The number of hydrogen-bond donors (Lipinski definition) is 2. The highest BCUT2D eigenvalue weighted by Gasteiger charge is 2.22. The van der Waals surface area contributed by atoms with E-state index >= 15 is 0 Å². The van der Waals surface area contributed by atoms with E-state index in [0.717, 1.165) is 23.0 Å². The van der Waals surface area contributed by atoms with Gasteiger partial charge in [-0.05, 0) is 69.8 Å². The van der Waals surface area contributed by atoms with Gasteiger partial charge in [-0.1, -0.05) is 41.9 Å². The molecule has 158 valence electrons. The number of aromatic amines is 1. The Balaban J connectivity index is 1.21. The number of nitrogens with one attached hydrogen (secondary N) is 2. The van der Waals surface area contributed by atoms with Gasteiger partial charge in [-0.25, -0.2) is 4.79 Å². The number of hydrogen-bond acceptors (Lipinski definition) is 2. The van der Waals surface area contributed by atoms with Crippen LogP contribution >= 0.6 is 22.9 Å². The largest absolute Gasteiger partial charge is 0.359 e. The molecule has 1 aliphatic heterocycles. The van der Waals surface area contributed by atoms with Gasteiger partial charge in [-0.2, -0.15) is 0 Å². The smallest absolute Gasteiger partial charge is 0.322 e. The Hall–Kier alpha value is -3.28. The zero-order chi connectivity index (χ0) is 21.7. The standard InChI is InChI=1S/C26H20ClN3OS/c27-21-5-6-23-22(13-21)24(14-28-23)29-26(31)30-9-7-19-11-17(3-4-20(19)15-30)18-2-1-16-8-10-32-25(16)12-18/h1-6,8,10-14,28H,7,9,15H2,(H,29,31). The second kappa shape index (κ2) is 7.69. The molecule has 5 aromatic rings. The maximum absolute atomic E-state index is 13.0. The normalized spacial score (nSPS) is 13.5. The molecule has 0 aliphatic carbocycles. The highest BCUT2D eigenvalue weighted by molar-refractivity contribution is 7.17. The summed E-state index contributed by atoms with van der Waals surface area (Å²) in [6.07, 6.45) is 2.66. The van der Waals surface area contributed by atoms with Crippen LogP contribution in [0, 0.1) is 0 Å². The van der Waals surface area contributed by atoms with E-state index in [-0.39, 0.29) is 6.03 Å². The number of aromatic nitrogens is 1. The fourth-order valence-corrected chi connectivity index (χ4v) is 5.43. The Morgan fingerprint density at radius 2 is 1.88 bits per heavy atom. The number of anilines is 1. The first-order chi connectivity index (χ1) is 15.6. The number of fused-ring (bicyclic) bond motifs is 3. The average Bonchev–Trinajstić information content (AvgIpc) is 3.44. The number of carbonyl (C=O) groups excluding carboxylic acids is 1. The van der Waals surface area contributed by atoms with Crippen molar-refractivity contribution >= 4 is 55.6 Å². The molecule has 0 spiro atoms. The SMILES string of the molecule is O=C(Nc1c[nH]c2ccc(Cl)cc12)N1CCc2cc(-c3ccc4ccsc4c3)ccc2C1. The topological polar surface area (TPSA) is 48.1 Å². The van der Waals surface area contributed by atoms with Crippen LogP contribution in [-0.2, 0) is 13.0 Å². The molecule has 32 heavy (non-hydrogen) atoms. The molecule has 0 bridgehead atoms. The molecule has 3 heterocycles. The Morgan fingerprint density at radius 3 is 2.81 bits per heavy atom. The summed E-state index contributed by atoms with van der Waals surface area (Å²) in [6.45, 7) is 1.30. The summed E-state index contributed by atoms with van der Waals surface area (Å²) in [4.78, 5) is 18.0. The zero-order valence-corrected chi connectivity index (χ0v) is 18.8. The Bertz CT molecular complexity index is 1490. The molecule has 6 heteroatoms. The molecule has 6 rings (SSSR count). The summed E-state index contributed by atoms with van der Waals surface area (Å²) in [5.41, 5.74) is 6.68. The highest BCUT2D eigenvalue weighted by Crippen LogP contribution is 2.31. The van der Waals surface area contributed by atoms with E-state index in [4.69, 9.17) is 11.6 Å². The summed E-state index contributed by atoms with van der Waals surface area (Å²) in [5.74, 6) is 0. The first-order valence-corrected chi connectivity index (χ1v) is 11.8. The van der Waals surface area contributed by atoms with Crippen LogP contribution in [0.4, 0.5) is 10.5 Å². The molecule has 0 atom stereocenters. The summed E-state index contributed by atoms with van der Waals surface area (Å²) >= 11 is 7.90. The van der Waals surface area contributed by atoms with Gasteiger partial charge in [0.15, 0.2) is 0 Å². The molecule has 3 aromatic carbocycles. The van der Waals surface area contributed by atoms with Gasteiger partial charge in [0, 0.05) is 39.9 Å². The van der Waals surface area contributed by atoms with Crippen LogP contribution in [0.2, 0.25) is 5.02 Å². The molecule has 0 saturated heterocycles. The monoisotopic (exact) mass is 457 g/mol. The number of amides is 2. The summed E-state index contributed by atoms with van der Waals surface area (Å²) in [7, 11) is 0. The summed E-state index contributed by atoms with van der Waals surface area (Å²) in [6, 6.07) is 20.9. The predicted molar refractivity (Wildman–Crippen MR) is 134 cm³/mol. The first kappa shape index (κ1) is 19.4. The van der Waals surface area contributed by atoms with Crippen molar-refractivity contribution in [3.05, 3.63) is 88.4 Å². The van der Waals surface area contributed by atoms with Crippen molar-refractivity contribution in [3.63, 3.8) is 0 Å². The minimum absolute atomic E-state index is 0.0938. The molecule has 1 aliphatic rings. The molecule has 0 fully saturated rings. The molecular weight excluding hydrogens is 438 g/mol. The van der Waals surface area contributed by atoms with Gasteiger partial charge in [0.25, 0.3) is 0 Å². The van der Waals surface area contributed by atoms with Crippen molar-refractivity contribution in [2.45, 2.75) is 13.0 Å². The molecular formula is C26H20ClN3OS. The number of rotatable bonds is 2. The number of halogens is 1. The van der Waals surface area contributed by atoms with Crippen molar-refractivity contribution in [2.24, 2.45) is 0 Å². The average molecular weight is 458 g/mol. The van der Waals surface area contributed by atoms with Crippen molar-refractivity contribution in [1.82, 2.24) is 9.88 Å². The predicted octanol–water partition coefficient (Wildman–Crippen LogP) is 7.29. The lowest BCUT2D eigenvalue weighted by atomic mass is 9.94. The molecule has 0 radical (unpaired) electrons. The number of nitrogens with zero attached hydrogens (tertiary/aromatic N) is 1. The van der Waals surface area contributed by atoms with Gasteiger partial charge in [0.05, 0.1) is 5.69 Å². The fraction of sp³-hybridized carbons (Fsp3) is 0.115. The Morgan fingerprint density at radius 1 is 1.00 bits per heavy atom. The zero-order valence-electron chi connectivity index (χ0n) is 17.2. The first-order valence-electron chi connectivity index (χ1n) is 10.6. The van der Waals surface area contributed by atoms with Crippen LogP contribution in [0.5, 0.6) is 0 Å². The van der Waals surface area contributed by atoms with E-state index in [0.29, 0.717) is 18.1 Å². The Kier molecular flexibility index (Phi) is 4.67. The number of carbonyl (C=O) groups is 1. The summed E-state index contributed by atoms with van der Waals surface area (Å²) in [5, 5.41) is 8.02. The van der Waals surface area contributed by atoms with Crippen molar-refractivity contribution < 1.29 is 4.79 Å². The van der Waals surface area contributed by atoms with Crippen LogP contribution in [0.25, 0.3) is 32.1 Å². The molecule has 2 amide bonds. The van der Waals surface area contributed by atoms with Gasteiger partial charge in [-0.3, -0.25) is 0 Å². The third-order valence-corrected chi connectivity index (χ3v) is 7.30. The summed E-state index contributed by atoms with van der Waals surface area (Å²) < 4.78 is 1.31. The van der Waals surface area contributed by atoms with Crippen LogP contribution < -0.4 is 5.32 Å². The Labute approximate surface area is 194 Å². The third kappa shape index (κ3) is 3.44. The highest BCUT2D eigenvalue weighted by atomic mass is 35.5. The van der Waals surface area contributed by atoms with E-state index in [1.807, 2.05) is 29.3 Å². The van der Waals surface area contributed by atoms with Crippen molar-refractivity contribution in [2.75, 3.05) is 11.9 Å². The molecule has 4 nitrogen and oxygen atoms in total. The van der Waals surface area contributed by atoms with Gasteiger partial charge in [-0.15, -0.1) is 11.3 Å². The second-order valence-electron chi connectivity index (χ2n) is 8.15. The number of thiophene rings is 1. The molecule has 2 aromatic heterocycles. The van der Waals surface area contributed by atoms with Crippen LogP contribution in [0.3, 0.4) is 0 Å². The van der Waals surface area contributed by atoms with Gasteiger partial charge in [0.1, 0.15) is 0 Å². The van der Waals surface area contributed by atoms with Gasteiger partial charge < -0.3 is 15.2 Å². The molecule has 2 N–H and O–H groups in total. The fourth-order valence-electron chi connectivity index (χ4n) is 4.43. The van der Waals surface area contributed by atoms with Crippen LogP contribution in [-0.4, -0.2) is 22.5 Å². The maximum atomic E-state index is 13.0. The van der Waals surface area contributed by atoms with E-state index < -0.39 is 0 Å². The van der Waals surface area contributed by atoms with Crippen molar-refractivity contribution in [3.8, 4) is 11.1 Å². The van der Waals surface area contributed by atoms with E-state index in [2.05, 4.69) is 58.1 Å². The lowest BCUT2D eigenvalue weighted by molar-refractivity contribution is 0.206. The van der Waals surface area contributed by atoms with Crippen LogP contribution in [0.1, 0.15) is 11.1 Å². The minimum atomic E-state index is -0.0938. The van der Waals surface area contributed by atoms with Gasteiger partial charge in [0.2, 0.25) is 0 Å². The minimum Gasteiger partial charge on any atom is -0.359 e. The number of H-pyrrole nitrogens is 1. The molecule has 0 unspecified atom stereocenters.